The minimum absolute atomic E-state index is 0.000962. The molecule has 3 aromatic carbocycles. The average Bonchev–Trinajstić information content (AvgIpc) is 2.90. The maximum atomic E-state index is 12.0. The molecule has 0 atom stereocenters. The second-order valence-electron chi connectivity index (χ2n) is 7.69. The number of rotatable bonds is 11. The average molecular weight is 607 g/mol. The number of carboxylic acids is 1. The summed E-state index contributed by atoms with van der Waals surface area (Å²) in [6.07, 6.45) is 0. The number of hydrazine groups is 1. The lowest BCUT2D eigenvalue weighted by Crippen LogP contribution is -2.14. The number of H-pyrrole nitrogens is 1. The first-order valence-electron chi connectivity index (χ1n) is 10.9. The number of nitrogens with zero attached hydrogens (tertiary/aromatic N) is 4. The van der Waals surface area contributed by atoms with Gasteiger partial charge in [-0.2, -0.15) is 23.5 Å². The Morgan fingerprint density at radius 3 is 2.56 bits per heavy atom. The van der Waals surface area contributed by atoms with Crippen LogP contribution in [0.3, 0.4) is 0 Å². The molecule has 8 N–H and O–H groups in total. The van der Waals surface area contributed by atoms with Crippen LogP contribution in [0.4, 0.5) is 29.0 Å². The van der Waals surface area contributed by atoms with Gasteiger partial charge in [0, 0.05) is 12.4 Å². The first kappa shape index (κ1) is 29.1. The smallest absolute Gasteiger partial charge is 0.351 e. The summed E-state index contributed by atoms with van der Waals surface area (Å²) >= 11 is 0.378. The molecule has 41 heavy (non-hydrogen) atoms. The van der Waals surface area contributed by atoms with E-state index in [0.717, 1.165) is 12.1 Å². The van der Waals surface area contributed by atoms with Crippen LogP contribution in [-0.4, -0.2) is 56.4 Å². The lowest BCUT2D eigenvalue weighted by atomic mass is 10.1. The number of aromatic nitrogens is 3. The van der Waals surface area contributed by atoms with Crippen molar-refractivity contribution in [3.05, 3.63) is 58.5 Å². The number of anilines is 4. The number of fused-ring (bicyclic) bond motifs is 1. The number of aromatic carboxylic acids is 1. The number of phenolic OH excluding ortho intramolecular Hbond substituents is 1. The fraction of sp³-hybridized carbons (Fsp3) is 0.0476. The van der Waals surface area contributed by atoms with Crippen molar-refractivity contribution < 1.29 is 42.6 Å². The van der Waals surface area contributed by atoms with Gasteiger partial charge < -0.3 is 15.5 Å². The van der Waals surface area contributed by atoms with Crippen molar-refractivity contribution in [1.29, 1.82) is 0 Å². The van der Waals surface area contributed by atoms with Crippen molar-refractivity contribution in [3.8, 4) is 5.75 Å². The van der Waals surface area contributed by atoms with Gasteiger partial charge >= 0.3 is 11.7 Å². The molecule has 0 bridgehead atoms. The molecular weight excluding hydrogens is 588 g/mol. The predicted octanol–water partition coefficient (Wildman–Crippen LogP) is 3.29. The maximum Gasteiger partial charge on any atom is 0.351 e. The van der Waals surface area contributed by atoms with Gasteiger partial charge in [0.2, 0.25) is 5.95 Å². The number of carboxylic acid groups (broad SMARTS) is 1. The molecule has 0 saturated carbocycles. The van der Waals surface area contributed by atoms with Crippen molar-refractivity contribution in [2.45, 2.75) is 9.79 Å². The summed E-state index contributed by atoms with van der Waals surface area (Å²) in [5.74, 6) is -2.43. The van der Waals surface area contributed by atoms with Gasteiger partial charge in [-0.05, 0) is 35.7 Å². The van der Waals surface area contributed by atoms with Gasteiger partial charge in [-0.15, -0.1) is 9.45 Å². The van der Waals surface area contributed by atoms with Crippen molar-refractivity contribution in [3.63, 3.8) is 0 Å². The van der Waals surface area contributed by atoms with E-state index in [1.54, 1.807) is 6.07 Å². The van der Waals surface area contributed by atoms with E-state index in [2.05, 4.69) is 50.7 Å². The van der Waals surface area contributed by atoms with Crippen LogP contribution in [0, 0.1) is 0 Å². The monoisotopic (exact) mass is 606 g/mol. The largest absolute Gasteiger partial charge is 0.505 e. The van der Waals surface area contributed by atoms with Crippen LogP contribution < -0.4 is 21.9 Å². The summed E-state index contributed by atoms with van der Waals surface area (Å²) in [6.45, 7) is 0. The number of para-hydroxylation sites is 1. The van der Waals surface area contributed by atoms with Crippen LogP contribution in [-0.2, 0) is 19.5 Å². The van der Waals surface area contributed by atoms with Crippen molar-refractivity contribution in [2.24, 2.45) is 10.2 Å². The van der Waals surface area contributed by atoms with Gasteiger partial charge in [0.05, 0.1) is 38.8 Å². The zero-order chi connectivity index (χ0) is 29.7. The normalized spacial score (nSPS) is 11.6. The maximum absolute atomic E-state index is 12.0. The second kappa shape index (κ2) is 12.1. The van der Waals surface area contributed by atoms with Crippen molar-refractivity contribution in [2.75, 3.05) is 23.2 Å². The molecule has 1 heterocycles. The number of benzene rings is 3. The van der Waals surface area contributed by atoms with Gasteiger partial charge in [-0.3, -0.25) is 20.4 Å². The van der Waals surface area contributed by atoms with E-state index in [-0.39, 0.29) is 50.2 Å². The van der Waals surface area contributed by atoms with Crippen LogP contribution in [0.15, 0.2) is 67.3 Å². The van der Waals surface area contributed by atoms with E-state index in [9.17, 15) is 32.8 Å². The van der Waals surface area contributed by atoms with E-state index in [1.165, 1.54) is 31.3 Å². The van der Waals surface area contributed by atoms with Gasteiger partial charge in [-0.1, -0.05) is 17.2 Å². The molecular formula is C21H18N8O10S2. The van der Waals surface area contributed by atoms with Gasteiger partial charge in [0.25, 0.3) is 16.1 Å². The molecule has 214 valence electrons. The zero-order valence-corrected chi connectivity index (χ0v) is 22.0. The number of aromatic hydroxyl groups is 1. The molecule has 0 radical (unpaired) electrons. The Morgan fingerprint density at radius 1 is 1.12 bits per heavy atom. The number of phenols is 1. The molecule has 4 aromatic rings. The SMILES string of the molecule is CN=Nc1nc(Nc2cc(S(=O)(=O)O)cc3cc(SOOO)c(NNc4ccccc4C(=O)O)c(O)c23)nc(=O)[nH]1. The number of azo groups is 1. The third-order valence-electron chi connectivity index (χ3n) is 5.16. The Morgan fingerprint density at radius 2 is 1.88 bits per heavy atom. The summed E-state index contributed by atoms with van der Waals surface area (Å²) in [6, 6.07) is 9.08. The van der Waals surface area contributed by atoms with E-state index in [1.807, 2.05) is 0 Å². The molecule has 0 fully saturated rings. The Kier molecular flexibility index (Phi) is 8.61. The molecule has 18 nitrogen and oxygen atoms in total. The first-order valence-corrected chi connectivity index (χ1v) is 13.1. The summed E-state index contributed by atoms with van der Waals surface area (Å²) < 4.78 is 38.3. The fourth-order valence-electron chi connectivity index (χ4n) is 3.56. The second-order valence-corrected chi connectivity index (χ2v) is 9.86. The number of hydrogen-bond donors (Lipinski definition) is 8. The van der Waals surface area contributed by atoms with Crippen LogP contribution in [0.5, 0.6) is 5.75 Å². The highest BCUT2D eigenvalue weighted by Gasteiger charge is 2.22. The zero-order valence-electron chi connectivity index (χ0n) is 20.4. The number of aromatic amines is 1. The Balaban J connectivity index is 1.92. The van der Waals surface area contributed by atoms with E-state index in [0.29, 0.717) is 12.0 Å². The molecule has 20 heteroatoms. The molecule has 4 rings (SSSR count). The highest BCUT2D eigenvalue weighted by atomic mass is 32.2. The fourth-order valence-corrected chi connectivity index (χ4v) is 4.61. The third kappa shape index (κ3) is 6.66. The van der Waals surface area contributed by atoms with Crippen LogP contribution in [0.1, 0.15) is 10.4 Å². The molecule has 0 aliphatic rings. The molecule has 1 aromatic heterocycles. The van der Waals surface area contributed by atoms with E-state index < -0.39 is 32.4 Å². The molecule has 0 saturated heterocycles. The highest BCUT2D eigenvalue weighted by Crippen LogP contribution is 2.45. The van der Waals surface area contributed by atoms with E-state index >= 15 is 0 Å². The predicted molar refractivity (Wildman–Crippen MR) is 143 cm³/mol. The summed E-state index contributed by atoms with van der Waals surface area (Å²) in [7, 11) is -3.47. The standard InChI is InChI=1S/C21H18N8O10S2/c1-22-29-20-24-19(25-21(33)26-20)23-13-8-10(41(35,36)37)6-9-7-14(40-39-38-34)16(17(30)15(9)13)28-27-12-5-3-2-4-11(12)18(31)32/h2-8,27-28,30,34H,1H3,(H,31,32)(H,35,36,37)(H2,23,24,25,26,33). The Labute approximate surface area is 232 Å². The topological polar surface area (TPSA) is 270 Å². The summed E-state index contributed by atoms with van der Waals surface area (Å²) in [5.41, 5.74) is 4.06. The lowest BCUT2D eigenvalue weighted by molar-refractivity contribution is -0.432. The van der Waals surface area contributed by atoms with Gasteiger partial charge in [0.15, 0.2) is 5.75 Å². The molecule has 0 aliphatic heterocycles. The summed E-state index contributed by atoms with van der Waals surface area (Å²) in [5, 5.41) is 42.8. The summed E-state index contributed by atoms with van der Waals surface area (Å²) in [4.78, 5) is 32.8. The minimum atomic E-state index is -4.80. The number of hydrogen-bond acceptors (Lipinski definition) is 16. The molecule has 0 unspecified atom stereocenters. The quantitative estimate of drug-likeness (QED) is 0.0304. The lowest BCUT2D eigenvalue weighted by Gasteiger charge is -2.19. The Hall–Kier alpha value is -4.86. The van der Waals surface area contributed by atoms with Crippen molar-refractivity contribution in [1.82, 2.24) is 15.0 Å². The van der Waals surface area contributed by atoms with Gasteiger partial charge in [-0.25, -0.2) is 14.8 Å². The molecule has 0 amide bonds. The highest BCUT2D eigenvalue weighted by molar-refractivity contribution is 7.94. The molecule has 0 aliphatic carbocycles. The van der Waals surface area contributed by atoms with Crippen molar-refractivity contribution >= 4 is 67.9 Å². The van der Waals surface area contributed by atoms with Crippen LogP contribution >= 0.6 is 12.0 Å². The minimum Gasteiger partial charge on any atom is -0.505 e. The molecule has 0 spiro atoms. The Bertz CT molecular complexity index is 1830. The third-order valence-corrected chi connectivity index (χ3v) is 6.62. The van der Waals surface area contributed by atoms with Crippen LogP contribution in [0.25, 0.3) is 10.8 Å². The first-order chi connectivity index (χ1) is 19.5. The van der Waals surface area contributed by atoms with Gasteiger partial charge in [0.1, 0.15) is 5.69 Å². The van der Waals surface area contributed by atoms with Crippen LogP contribution in [0.2, 0.25) is 0 Å². The number of carbonyl (C=O) groups is 1. The van der Waals surface area contributed by atoms with E-state index in [4.69, 9.17) is 5.26 Å². The number of nitrogens with one attached hydrogen (secondary N) is 4.